The lowest BCUT2D eigenvalue weighted by molar-refractivity contribution is 0.0549. The molecule has 0 aromatic heterocycles. The molecule has 1 aromatic rings. The van der Waals surface area contributed by atoms with E-state index in [0.717, 1.165) is 38.5 Å². The molecule has 1 atom stereocenters. The van der Waals surface area contributed by atoms with Gasteiger partial charge in [0.1, 0.15) is 6.61 Å². The first-order chi connectivity index (χ1) is 16.0. The van der Waals surface area contributed by atoms with Gasteiger partial charge in [-0.25, -0.2) is 4.79 Å². The second-order valence-corrected chi connectivity index (χ2v) is 17.0. The van der Waals surface area contributed by atoms with Gasteiger partial charge in [0.05, 0.1) is 17.3 Å². The number of hydrogen-bond donors (Lipinski definition) is 0. The van der Waals surface area contributed by atoms with Gasteiger partial charge in [-0.1, -0.05) is 66.7 Å². The Hall–Kier alpha value is -1.91. The van der Waals surface area contributed by atoms with Crippen LogP contribution in [0.1, 0.15) is 76.6 Å². The van der Waals surface area contributed by atoms with Crippen molar-refractivity contribution in [3.63, 3.8) is 0 Å². The molecule has 188 valence electrons. The molecule has 0 N–H and O–H groups in total. The van der Waals surface area contributed by atoms with E-state index in [1.54, 1.807) is 17.7 Å². The van der Waals surface area contributed by atoms with Crippen LogP contribution < -0.4 is 0 Å². The van der Waals surface area contributed by atoms with Gasteiger partial charge < -0.3 is 9.47 Å². The third-order valence-corrected chi connectivity index (χ3v) is 7.82. The predicted molar refractivity (Wildman–Crippen MR) is 147 cm³/mol. The molecule has 0 radical (unpaired) electrons. The van der Waals surface area contributed by atoms with Crippen LogP contribution in [0, 0.1) is 0 Å². The minimum Gasteiger partial charge on any atom is -0.458 e. The van der Waals surface area contributed by atoms with Crippen molar-refractivity contribution in [3.8, 4) is 0 Å². The highest BCUT2D eigenvalue weighted by Gasteiger charge is 2.46. The maximum Gasteiger partial charge on any atom is 0.338 e. The highest BCUT2D eigenvalue weighted by Crippen LogP contribution is 2.39. The molecule has 34 heavy (non-hydrogen) atoms. The van der Waals surface area contributed by atoms with Crippen LogP contribution in [-0.4, -0.2) is 32.4 Å². The number of allylic oxidation sites excluding steroid dienone is 5. The third kappa shape index (κ3) is 11.5. The smallest absolute Gasteiger partial charge is 0.338 e. The van der Waals surface area contributed by atoms with Crippen molar-refractivity contribution in [3.05, 3.63) is 70.8 Å². The lowest BCUT2D eigenvalue weighted by atomic mass is 10.0. The van der Waals surface area contributed by atoms with Crippen LogP contribution in [0.2, 0.25) is 25.7 Å². The summed E-state index contributed by atoms with van der Waals surface area (Å²) in [6, 6.07) is 10.4. The Morgan fingerprint density at radius 1 is 0.971 bits per heavy atom. The Balaban J connectivity index is 1.77. The predicted octanol–water partition coefficient (Wildman–Crippen LogP) is 8.52. The fraction of sp³-hybridized carbons (Fsp3) is 0.567. The Morgan fingerprint density at radius 2 is 1.59 bits per heavy atom. The average Bonchev–Trinajstić information content (AvgIpc) is 3.38. The summed E-state index contributed by atoms with van der Waals surface area (Å²) < 4.78 is 11.1. The molecule has 1 aromatic carbocycles. The minimum absolute atomic E-state index is 0.101. The number of hydrogen-bond acceptors (Lipinski definition) is 3. The Bertz CT molecular complexity index is 872. The summed E-state index contributed by atoms with van der Waals surface area (Å²) in [5, 5.41) is 0. The van der Waals surface area contributed by atoms with Gasteiger partial charge in [0, 0.05) is 8.07 Å². The number of carbonyl (C=O) groups excluding carboxylic acids is 1. The second kappa shape index (κ2) is 13.2. The normalized spacial score (nSPS) is 18.7. The van der Waals surface area contributed by atoms with Gasteiger partial charge in [-0.15, -0.1) is 0 Å². The molecule has 1 aliphatic rings. The molecule has 1 aliphatic heterocycles. The van der Waals surface area contributed by atoms with Crippen LogP contribution in [0.25, 0.3) is 0 Å². The summed E-state index contributed by atoms with van der Waals surface area (Å²) in [7, 11) is -1.16. The number of benzene rings is 1. The number of ether oxygens (including phenoxy) is 2. The van der Waals surface area contributed by atoms with Crippen LogP contribution >= 0.6 is 0 Å². The molecule has 0 spiro atoms. The zero-order valence-corrected chi connectivity index (χ0v) is 23.6. The summed E-state index contributed by atoms with van der Waals surface area (Å²) in [6.45, 7) is 16.4. The van der Waals surface area contributed by atoms with Crippen molar-refractivity contribution >= 4 is 14.0 Å². The molecule has 0 amide bonds. The van der Waals surface area contributed by atoms with Gasteiger partial charge in [0.25, 0.3) is 0 Å². The molecule has 1 saturated heterocycles. The molecule has 1 fully saturated rings. The molecular weight excluding hydrogens is 436 g/mol. The molecule has 0 bridgehead atoms. The van der Waals surface area contributed by atoms with Crippen molar-refractivity contribution in [2.75, 3.05) is 6.61 Å². The molecule has 4 heteroatoms. The monoisotopic (exact) mass is 482 g/mol. The Morgan fingerprint density at radius 3 is 2.21 bits per heavy atom. The number of esters is 1. The first-order valence-corrected chi connectivity index (χ1v) is 16.6. The molecule has 0 saturated carbocycles. The second-order valence-electron chi connectivity index (χ2n) is 11.5. The van der Waals surface area contributed by atoms with Crippen LogP contribution in [0.4, 0.5) is 0 Å². The Labute approximate surface area is 209 Å². The van der Waals surface area contributed by atoms with Gasteiger partial charge in [-0.2, -0.15) is 0 Å². The van der Waals surface area contributed by atoms with Gasteiger partial charge >= 0.3 is 5.97 Å². The summed E-state index contributed by atoms with van der Waals surface area (Å²) >= 11 is 0. The van der Waals surface area contributed by atoms with Crippen LogP contribution in [0.5, 0.6) is 0 Å². The number of carbonyl (C=O) groups is 1. The average molecular weight is 483 g/mol. The minimum atomic E-state index is -1.16. The lowest BCUT2D eigenvalue weighted by Gasteiger charge is -2.18. The van der Waals surface area contributed by atoms with Crippen molar-refractivity contribution < 1.29 is 14.3 Å². The SMILES string of the molecule is C/C(=C\COC(=O)c1ccccc1)CC/C=C(\CC/C=C(\C)CC[C@@H]1OC1(C)C)C[Si](C)(C)C. The molecular formula is C30H46O3Si. The number of rotatable bonds is 14. The van der Waals surface area contributed by atoms with Crippen molar-refractivity contribution in [2.24, 2.45) is 0 Å². The van der Waals surface area contributed by atoms with Gasteiger partial charge in [-0.3, -0.25) is 0 Å². The summed E-state index contributed by atoms with van der Waals surface area (Å²) in [6.07, 6.45) is 14.0. The summed E-state index contributed by atoms with van der Waals surface area (Å²) in [5.41, 5.74) is 5.07. The van der Waals surface area contributed by atoms with Crippen LogP contribution in [0.15, 0.2) is 65.3 Å². The lowest BCUT2D eigenvalue weighted by Crippen LogP contribution is -2.19. The van der Waals surface area contributed by atoms with E-state index in [1.807, 2.05) is 24.3 Å². The maximum atomic E-state index is 12.0. The zero-order chi connectivity index (χ0) is 25.2. The van der Waals surface area contributed by atoms with E-state index in [9.17, 15) is 4.79 Å². The highest BCUT2D eigenvalue weighted by atomic mass is 28.3. The van der Waals surface area contributed by atoms with Gasteiger partial charge in [-0.05, 0) is 90.5 Å². The number of epoxide rings is 1. The van der Waals surface area contributed by atoms with E-state index < -0.39 is 8.07 Å². The van der Waals surface area contributed by atoms with Gasteiger partial charge in [0.15, 0.2) is 0 Å². The van der Waals surface area contributed by atoms with Crippen molar-refractivity contribution in [2.45, 2.75) is 104 Å². The van der Waals surface area contributed by atoms with E-state index >= 15 is 0 Å². The van der Waals surface area contributed by atoms with Crippen molar-refractivity contribution in [1.29, 1.82) is 0 Å². The largest absolute Gasteiger partial charge is 0.458 e. The fourth-order valence-electron chi connectivity index (χ4n) is 4.17. The molecule has 0 unspecified atom stereocenters. The highest BCUT2D eigenvalue weighted by molar-refractivity contribution is 6.76. The Kier molecular flexibility index (Phi) is 11.0. The van der Waals surface area contributed by atoms with Crippen LogP contribution in [0.3, 0.4) is 0 Å². The fourth-order valence-corrected chi connectivity index (χ4v) is 5.85. The summed E-state index contributed by atoms with van der Waals surface area (Å²) in [4.78, 5) is 12.0. The maximum absolute atomic E-state index is 12.0. The van der Waals surface area contributed by atoms with E-state index in [-0.39, 0.29) is 11.6 Å². The quantitative estimate of drug-likeness (QED) is 0.115. The van der Waals surface area contributed by atoms with E-state index in [4.69, 9.17) is 9.47 Å². The van der Waals surface area contributed by atoms with E-state index in [1.165, 1.54) is 17.2 Å². The molecule has 0 aliphatic carbocycles. The first kappa shape index (κ1) is 28.3. The van der Waals surface area contributed by atoms with Crippen molar-refractivity contribution in [1.82, 2.24) is 0 Å². The third-order valence-electron chi connectivity index (χ3n) is 6.31. The topological polar surface area (TPSA) is 38.8 Å². The van der Waals surface area contributed by atoms with E-state index in [2.05, 4.69) is 59.5 Å². The standard InChI is InChI=1S/C30H46O3Si/c1-24(19-20-28-30(3,4)33-28)13-11-15-26(23-34(5,6)7)16-12-14-25(2)21-22-32-29(31)27-17-9-8-10-18-27/h8-10,13,16-18,21,28H,11-12,14-15,19-20,22-23H2,1-7H3/b24-13+,25-21+,26-16+/t28-/m0/s1. The molecule has 3 nitrogen and oxygen atoms in total. The molecule has 2 rings (SSSR count). The van der Waals surface area contributed by atoms with Crippen LogP contribution in [-0.2, 0) is 9.47 Å². The zero-order valence-electron chi connectivity index (χ0n) is 22.6. The van der Waals surface area contributed by atoms with E-state index in [0.29, 0.717) is 18.3 Å². The first-order valence-electron chi connectivity index (χ1n) is 12.9. The van der Waals surface area contributed by atoms with Gasteiger partial charge in [0.2, 0.25) is 0 Å². The summed E-state index contributed by atoms with van der Waals surface area (Å²) in [5.74, 6) is -0.265. The molecule has 1 heterocycles.